The summed E-state index contributed by atoms with van der Waals surface area (Å²) in [5.74, 6) is 0.104. The molecule has 0 unspecified atom stereocenters. The topological polar surface area (TPSA) is 50.4 Å². The SMILES string of the molecule is CCCCC1(CCCC)NC(=O)C2(CC(C)(C)NC(C)(C)C2)O1. The van der Waals surface area contributed by atoms with E-state index in [0.29, 0.717) is 0 Å². The molecule has 0 saturated carbocycles. The number of carbonyl (C=O) groups excluding carboxylic acids is 1. The van der Waals surface area contributed by atoms with Gasteiger partial charge in [-0.05, 0) is 53.4 Å². The van der Waals surface area contributed by atoms with Crippen LogP contribution in [0.2, 0.25) is 0 Å². The summed E-state index contributed by atoms with van der Waals surface area (Å²) < 4.78 is 6.66. The fraction of sp³-hybridized carbons (Fsp3) is 0.947. The average molecular weight is 325 g/mol. The van der Waals surface area contributed by atoms with Gasteiger partial charge in [0.05, 0.1) is 0 Å². The van der Waals surface area contributed by atoms with E-state index in [1.54, 1.807) is 0 Å². The number of carbonyl (C=O) groups is 1. The van der Waals surface area contributed by atoms with Gasteiger partial charge in [0.2, 0.25) is 0 Å². The van der Waals surface area contributed by atoms with E-state index < -0.39 is 11.3 Å². The summed E-state index contributed by atoms with van der Waals surface area (Å²) >= 11 is 0. The van der Waals surface area contributed by atoms with E-state index in [1.165, 1.54) is 0 Å². The number of ether oxygens (including phenoxy) is 1. The highest BCUT2D eigenvalue weighted by molar-refractivity contribution is 5.88. The van der Waals surface area contributed by atoms with E-state index >= 15 is 0 Å². The highest BCUT2D eigenvalue weighted by Gasteiger charge is 2.60. The van der Waals surface area contributed by atoms with Gasteiger partial charge in [0.1, 0.15) is 5.72 Å². The molecule has 0 radical (unpaired) electrons. The van der Waals surface area contributed by atoms with E-state index in [1.807, 2.05) is 0 Å². The Hall–Kier alpha value is -0.610. The van der Waals surface area contributed by atoms with Crippen LogP contribution in [0, 0.1) is 0 Å². The van der Waals surface area contributed by atoms with Crippen molar-refractivity contribution in [3.8, 4) is 0 Å². The molecular formula is C19H36N2O2. The summed E-state index contributed by atoms with van der Waals surface area (Å²) in [5, 5.41) is 6.94. The van der Waals surface area contributed by atoms with Crippen LogP contribution in [0.25, 0.3) is 0 Å². The number of hydrogen-bond acceptors (Lipinski definition) is 3. The zero-order valence-electron chi connectivity index (χ0n) is 16.0. The summed E-state index contributed by atoms with van der Waals surface area (Å²) in [6, 6.07) is 0. The van der Waals surface area contributed by atoms with Gasteiger partial charge in [-0.25, -0.2) is 0 Å². The van der Waals surface area contributed by atoms with Crippen molar-refractivity contribution in [2.45, 2.75) is 115 Å². The highest BCUT2D eigenvalue weighted by Crippen LogP contribution is 2.46. The third-order valence-corrected chi connectivity index (χ3v) is 5.15. The molecule has 0 atom stereocenters. The summed E-state index contributed by atoms with van der Waals surface area (Å²) in [5.41, 5.74) is -1.35. The minimum atomic E-state index is -0.681. The van der Waals surface area contributed by atoms with Crippen LogP contribution < -0.4 is 10.6 Å². The van der Waals surface area contributed by atoms with Crippen LogP contribution >= 0.6 is 0 Å². The van der Waals surface area contributed by atoms with Crippen molar-refractivity contribution in [1.82, 2.24) is 10.6 Å². The first kappa shape index (κ1) is 18.7. The Morgan fingerprint density at radius 2 is 1.43 bits per heavy atom. The lowest BCUT2D eigenvalue weighted by Crippen LogP contribution is -2.65. The number of piperidine rings is 1. The van der Waals surface area contributed by atoms with E-state index in [-0.39, 0.29) is 17.0 Å². The Labute approximate surface area is 142 Å². The molecule has 0 aromatic heterocycles. The zero-order valence-corrected chi connectivity index (χ0v) is 16.0. The molecule has 2 N–H and O–H groups in total. The van der Waals surface area contributed by atoms with Gasteiger partial charge in [0.15, 0.2) is 5.60 Å². The van der Waals surface area contributed by atoms with Crippen LogP contribution in [0.15, 0.2) is 0 Å². The smallest absolute Gasteiger partial charge is 0.254 e. The van der Waals surface area contributed by atoms with Crippen molar-refractivity contribution in [2.75, 3.05) is 0 Å². The second-order valence-corrected chi connectivity index (χ2v) is 9.00. The van der Waals surface area contributed by atoms with Gasteiger partial charge in [0, 0.05) is 23.9 Å². The third-order valence-electron chi connectivity index (χ3n) is 5.15. The first-order valence-corrected chi connectivity index (χ1v) is 9.40. The zero-order chi connectivity index (χ0) is 17.4. The van der Waals surface area contributed by atoms with Crippen LogP contribution in [-0.2, 0) is 9.53 Å². The molecule has 0 aromatic carbocycles. The fourth-order valence-corrected chi connectivity index (χ4v) is 4.77. The van der Waals surface area contributed by atoms with Gasteiger partial charge in [-0.3, -0.25) is 4.79 Å². The summed E-state index contributed by atoms with van der Waals surface area (Å²) in [6.07, 6.45) is 7.73. The molecule has 2 aliphatic heterocycles. The molecule has 4 nitrogen and oxygen atoms in total. The minimum Gasteiger partial charge on any atom is -0.339 e. The molecule has 0 aliphatic carbocycles. The largest absolute Gasteiger partial charge is 0.339 e. The van der Waals surface area contributed by atoms with Crippen LogP contribution in [0.3, 0.4) is 0 Å². The van der Waals surface area contributed by atoms with Gasteiger partial charge in [-0.1, -0.05) is 26.7 Å². The number of nitrogens with one attached hydrogen (secondary N) is 2. The molecule has 1 amide bonds. The van der Waals surface area contributed by atoms with E-state index in [4.69, 9.17) is 4.74 Å². The van der Waals surface area contributed by atoms with Crippen LogP contribution in [-0.4, -0.2) is 28.3 Å². The standard InChI is InChI=1S/C19H36N2O2/c1-7-9-11-19(12-10-8-2)20-15(22)18(23-19)13-16(3,4)21-17(5,6)14-18/h21H,7-14H2,1-6H3,(H,20,22). The van der Waals surface area contributed by atoms with E-state index in [0.717, 1.165) is 51.4 Å². The maximum absolute atomic E-state index is 13.0. The van der Waals surface area contributed by atoms with Crippen LogP contribution in [0.4, 0.5) is 0 Å². The van der Waals surface area contributed by atoms with E-state index in [2.05, 4.69) is 52.2 Å². The maximum Gasteiger partial charge on any atom is 0.254 e. The van der Waals surface area contributed by atoms with Crippen LogP contribution in [0.1, 0.15) is 92.9 Å². The Morgan fingerprint density at radius 1 is 0.957 bits per heavy atom. The number of unbranched alkanes of at least 4 members (excludes halogenated alkanes) is 2. The van der Waals surface area contributed by atoms with Crippen molar-refractivity contribution < 1.29 is 9.53 Å². The second kappa shape index (κ2) is 6.36. The van der Waals surface area contributed by atoms with Crippen molar-refractivity contribution in [3.05, 3.63) is 0 Å². The predicted octanol–water partition coefficient (Wildman–Crippen LogP) is 3.89. The summed E-state index contributed by atoms with van der Waals surface area (Å²) in [7, 11) is 0. The predicted molar refractivity (Wildman–Crippen MR) is 94.3 cm³/mol. The first-order valence-electron chi connectivity index (χ1n) is 9.40. The Kier molecular flexibility index (Phi) is 5.18. The first-order chi connectivity index (χ1) is 10.6. The van der Waals surface area contributed by atoms with Gasteiger partial charge >= 0.3 is 0 Å². The molecule has 2 rings (SSSR count). The Balaban J connectivity index is 2.27. The lowest BCUT2D eigenvalue weighted by Gasteiger charge is -2.50. The number of hydrogen-bond donors (Lipinski definition) is 2. The molecule has 134 valence electrons. The molecule has 2 aliphatic rings. The Morgan fingerprint density at radius 3 is 1.87 bits per heavy atom. The minimum absolute atomic E-state index is 0.104. The fourth-order valence-electron chi connectivity index (χ4n) is 4.77. The summed E-state index contributed by atoms with van der Waals surface area (Å²) in [4.78, 5) is 13.0. The molecule has 2 fully saturated rings. The molecule has 4 heteroatoms. The van der Waals surface area contributed by atoms with Gasteiger partial charge in [-0.2, -0.15) is 0 Å². The molecule has 1 spiro atoms. The van der Waals surface area contributed by atoms with Crippen LogP contribution in [0.5, 0.6) is 0 Å². The second-order valence-electron chi connectivity index (χ2n) is 9.00. The van der Waals surface area contributed by atoms with Crippen molar-refractivity contribution in [3.63, 3.8) is 0 Å². The number of rotatable bonds is 6. The maximum atomic E-state index is 13.0. The quantitative estimate of drug-likeness (QED) is 0.779. The monoisotopic (exact) mass is 324 g/mol. The number of amides is 1. The van der Waals surface area contributed by atoms with Gasteiger partial charge in [0.25, 0.3) is 5.91 Å². The summed E-state index contributed by atoms with van der Waals surface area (Å²) in [6.45, 7) is 13.1. The van der Waals surface area contributed by atoms with Crippen molar-refractivity contribution in [1.29, 1.82) is 0 Å². The van der Waals surface area contributed by atoms with Crippen molar-refractivity contribution >= 4 is 5.91 Å². The highest BCUT2D eigenvalue weighted by atomic mass is 16.6. The molecule has 0 bridgehead atoms. The van der Waals surface area contributed by atoms with Gasteiger partial charge < -0.3 is 15.4 Å². The van der Waals surface area contributed by atoms with E-state index in [9.17, 15) is 4.79 Å². The lowest BCUT2D eigenvalue weighted by atomic mass is 9.72. The van der Waals surface area contributed by atoms with Crippen molar-refractivity contribution in [2.24, 2.45) is 0 Å². The molecule has 23 heavy (non-hydrogen) atoms. The molecule has 2 saturated heterocycles. The third kappa shape index (κ3) is 4.08. The Bertz CT molecular complexity index is 419. The molecule has 0 aromatic rings. The average Bonchev–Trinajstić information content (AvgIpc) is 2.63. The molecular weight excluding hydrogens is 288 g/mol. The van der Waals surface area contributed by atoms with Gasteiger partial charge in [-0.15, -0.1) is 0 Å². The molecule has 2 heterocycles. The lowest BCUT2D eigenvalue weighted by molar-refractivity contribution is -0.165. The normalized spacial score (nSPS) is 27.1.